The van der Waals surface area contributed by atoms with Gasteiger partial charge in [0, 0.05) is 54.8 Å². The number of piperazine rings is 1. The molecule has 1 aromatic carbocycles. The third kappa shape index (κ3) is 3.60. The third-order valence-corrected chi connectivity index (χ3v) is 6.40. The zero-order valence-electron chi connectivity index (χ0n) is 15.8. The van der Waals surface area contributed by atoms with E-state index in [1.165, 1.54) is 29.2 Å². The van der Waals surface area contributed by atoms with E-state index in [0.717, 1.165) is 50.4 Å². The number of aromatic nitrogens is 2. The maximum atomic E-state index is 5.04. The monoisotopic (exact) mass is 368 g/mol. The van der Waals surface area contributed by atoms with E-state index >= 15 is 0 Å². The predicted molar refractivity (Wildman–Crippen MR) is 111 cm³/mol. The van der Waals surface area contributed by atoms with E-state index in [9.17, 15) is 0 Å². The van der Waals surface area contributed by atoms with Crippen molar-refractivity contribution in [3.8, 4) is 11.4 Å². The summed E-state index contributed by atoms with van der Waals surface area (Å²) in [5.74, 6) is 3.30. The Kier molecular flexibility index (Phi) is 5.46. The Morgan fingerprint density at radius 2 is 1.81 bits per heavy atom. The first-order valence-electron chi connectivity index (χ1n) is 9.69. The summed E-state index contributed by atoms with van der Waals surface area (Å²) in [7, 11) is 0. The van der Waals surface area contributed by atoms with Gasteiger partial charge in [-0.2, -0.15) is 11.8 Å². The predicted octanol–water partition coefficient (Wildman–Crippen LogP) is 3.51. The van der Waals surface area contributed by atoms with E-state index in [1.807, 2.05) is 17.8 Å². The molecule has 1 unspecified atom stereocenters. The average molecular weight is 369 g/mol. The standard InChI is InChI=1S/C21H28N4S/c1-16(15-26-2)24-11-13-25(14-12-24)21-18-9-6-10-19(18)22-20(23-21)17-7-4-3-5-8-17/h3-5,7-8,16H,6,9-15H2,1-2H3. The highest BCUT2D eigenvalue weighted by atomic mass is 32.2. The number of hydrogen-bond donors (Lipinski definition) is 0. The number of anilines is 1. The molecule has 2 heterocycles. The quantitative estimate of drug-likeness (QED) is 0.806. The molecule has 2 aliphatic rings. The van der Waals surface area contributed by atoms with E-state index in [1.54, 1.807) is 0 Å². The summed E-state index contributed by atoms with van der Waals surface area (Å²) < 4.78 is 0. The second kappa shape index (κ2) is 7.97. The molecule has 0 radical (unpaired) electrons. The fourth-order valence-corrected chi connectivity index (χ4v) is 4.80. The summed E-state index contributed by atoms with van der Waals surface area (Å²) in [6.07, 6.45) is 5.63. The van der Waals surface area contributed by atoms with Crippen LogP contribution in [0.2, 0.25) is 0 Å². The summed E-state index contributed by atoms with van der Waals surface area (Å²) in [5.41, 5.74) is 3.79. The lowest BCUT2D eigenvalue weighted by Crippen LogP contribution is -2.50. The fourth-order valence-electron chi connectivity index (χ4n) is 4.11. The highest BCUT2D eigenvalue weighted by Crippen LogP contribution is 2.32. The number of rotatable bonds is 5. The molecular weight excluding hydrogens is 340 g/mol. The largest absolute Gasteiger partial charge is 0.354 e. The van der Waals surface area contributed by atoms with Crippen molar-refractivity contribution in [2.45, 2.75) is 32.2 Å². The minimum Gasteiger partial charge on any atom is -0.354 e. The van der Waals surface area contributed by atoms with Crippen molar-refractivity contribution in [3.05, 3.63) is 41.6 Å². The minimum atomic E-state index is 0.656. The molecule has 5 heteroatoms. The summed E-state index contributed by atoms with van der Waals surface area (Å²) in [6, 6.07) is 11.1. The molecule has 1 fully saturated rings. The Labute approximate surface area is 161 Å². The highest BCUT2D eigenvalue weighted by molar-refractivity contribution is 7.98. The van der Waals surface area contributed by atoms with E-state index in [0.29, 0.717) is 6.04 Å². The van der Waals surface area contributed by atoms with Gasteiger partial charge in [-0.05, 0) is 32.4 Å². The van der Waals surface area contributed by atoms with Crippen molar-refractivity contribution < 1.29 is 0 Å². The Balaban J connectivity index is 1.58. The first kappa shape index (κ1) is 17.8. The number of hydrogen-bond acceptors (Lipinski definition) is 5. The van der Waals surface area contributed by atoms with Gasteiger partial charge in [0.1, 0.15) is 5.82 Å². The zero-order valence-corrected chi connectivity index (χ0v) is 16.6. The van der Waals surface area contributed by atoms with Gasteiger partial charge >= 0.3 is 0 Å². The lowest BCUT2D eigenvalue weighted by molar-refractivity contribution is 0.212. The topological polar surface area (TPSA) is 32.3 Å². The molecule has 4 nitrogen and oxygen atoms in total. The number of nitrogens with zero attached hydrogens (tertiary/aromatic N) is 4. The summed E-state index contributed by atoms with van der Waals surface area (Å²) >= 11 is 1.94. The van der Waals surface area contributed by atoms with Gasteiger partial charge < -0.3 is 4.90 Å². The summed E-state index contributed by atoms with van der Waals surface area (Å²) in [5, 5.41) is 0. The van der Waals surface area contributed by atoms with Crippen LogP contribution < -0.4 is 4.90 Å². The van der Waals surface area contributed by atoms with Crippen LogP contribution in [0, 0.1) is 0 Å². The van der Waals surface area contributed by atoms with Gasteiger partial charge in [-0.3, -0.25) is 4.90 Å². The molecule has 0 amide bonds. The van der Waals surface area contributed by atoms with Gasteiger partial charge in [-0.15, -0.1) is 0 Å². The number of fused-ring (bicyclic) bond motifs is 1. The highest BCUT2D eigenvalue weighted by Gasteiger charge is 2.27. The maximum Gasteiger partial charge on any atom is 0.161 e. The average Bonchev–Trinajstić information content (AvgIpc) is 3.17. The SMILES string of the molecule is CSCC(C)N1CCN(c2nc(-c3ccccc3)nc3c2CCC3)CC1. The fraction of sp³-hybridized carbons (Fsp3) is 0.524. The van der Waals surface area contributed by atoms with Gasteiger partial charge in [0.15, 0.2) is 5.82 Å². The molecular formula is C21H28N4S. The molecule has 2 aromatic rings. The van der Waals surface area contributed by atoms with E-state index in [-0.39, 0.29) is 0 Å². The zero-order chi connectivity index (χ0) is 17.9. The van der Waals surface area contributed by atoms with Crippen LogP contribution in [0.3, 0.4) is 0 Å². The Morgan fingerprint density at radius 3 is 2.54 bits per heavy atom. The van der Waals surface area contributed by atoms with Crippen LogP contribution in [0.15, 0.2) is 30.3 Å². The van der Waals surface area contributed by atoms with Crippen molar-refractivity contribution in [2.75, 3.05) is 43.1 Å². The minimum absolute atomic E-state index is 0.656. The number of benzene rings is 1. The van der Waals surface area contributed by atoms with Gasteiger partial charge in [0.25, 0.3) is 0 Å². The molecule has 26 heavy (non-hydrogen) atoms. The van der Waals surface area contributed by atoms with Crippen molar-refractivity contribution in [3.63, 3.8) is 0 Å². The molecule has 0 saturated carbocycles. The lowest BCUT2D eigenvalue weighted by atomic mass is 10.1. The second-order valence-electron chi connectivity index (χ2n) is 7.34. The molecule has 1 aliphatic carbocycles. The van der Waals surface area contributed by atoms with Gasteiger partial charge in [0.2, 0.25) is 0 Å². The van der Waals surface area contributed by atoms with Crippen molar-refractivity contribution in [2.24, 2.45) is 0 Å². The molecule has 0 bridgehead atoms. The smallest absolute Gasteiger partial charge is 0.161 e. The lowest BCUT2D eigenvalue weighted by Gasteiger charge is -2.39. The summed E-state index contributed by atoms with van der Waals surface area (Å²) in [6.45, 7) is 6.73. The van der Waals surface area contributed by atoms with Crippen molar-refractivity contribution >= 4 is 17.6 Å². The molecule has 1 atom stereocenters. The van der Waals surface area contributed by atoms with Gasteiger partial charge in [0.05, 0.1) is 0 Å². The molecule has 1 aliphatic heterocycles. The number of aryl methyl sites for hydroxylation is 1. The van der Waals surface area contributed by atoms with Crippen LogP contribution in [0.4, 0.5) is 5.82 Å². The Bertz CT molecular complexity index is 741. The normalized spacial score (nSPS) is 18.8. The molecule has 0 N–H and O–H groups in total. The molecule has 4 rings (SSSR count). The van der Waals surface area contributed by atoms with Crippen LogP contribution >= 0.6 is 11.8 Å². The first-order chi connectivity index (χ1) is 12.8. The van der Waals surface area contributed by atoms with E-state index in [2.05, 4.69) is 47.2 Å². The second-order valence-corrected chi connectivity index (χ2v) is 8.25. The first-order valence-corrected chi connectivity index (χ1v) is 11.1. The molecule has 138 valence electrons. The maximum absolute atomic E-state index is 5.04. The van der Waals surface area contributed by atoms with Crippen LogP contribution in [0.5, 0.6) is 0 Å². The van der Waals surface area contributed by atoms with Crippen molar-refractivity contribution in [1.82, 2.24) is 14.9 Å². The number of thioether (sulfide) groups is 1. The van der Waals surface area contributed by atoms with E-state index < -0.39 is 0 Å². The van der Waals surface area contributed by atoms with Crippen molar-refractivity contribution in [1.29, 1.82) is 0 Å². The van der Waals surface area contributed by atoms with Crippen LogP contribution in [0.1, 0.15) is 24.6 Å². The van der Waals surface area contributed by atoms with Gasteiger partial charge in [-0.25, -0.2) is 9.97 Å². The van der Waals surface area contributed by atoms with Crippen LogP contribution in [-0.2, 0) is 12.8 Å². The molecule has 0 spiro atoms. The molecule has 1 aromatic heterocycles. The van der Waals surface area contributed by atoms with E-state index in [4.69, 9.17) is 9.97 Å². The molecule has 1 saturated heterocycles. The summed E-state index contributed by atoms with van der Waals surface area (Å²) in [4.78, 5) is 15.1. The third-order valence-electron chi connectivity index (χ3n) is 5.59. The Morgan fingerprint density at radius 1 is 1.04 bits per heavy atom. The Hall–Kier alpha value is -1.59. The van der Waals surface area contributed by atoms with Gasteiger partial charge in [-0.1, -0.05) is 30.3 Å². The van der Waals surface area contributed by atoms with Crippen LogP contribution in [-0.4, -0.2) is 59.1 Å². The van der Waals surface area contributed by atoms with Crippen LogP contribution in [0.25, 0.3) is 11.4 Å².